The molecule has 2 aliphatic rings. The number of ether oxygens (including phenoxy) is 1. The van der Waals surface area contributed by atoms with Gasteiger partial charge in [-0.05, 0) is 73.6 Å². The van der Waals surface area contributed by atoms with Crippen LogP contribution in [0.2, 0.25) is 0 Å². The summed E-state index contributed by atoms with van der Waals surface area (Å²) in [6.45, 7) is 3.59. The van der Waals surface area contributed by atoms with Crippen LogP contribution in [0.1, 0.15) is 88.7 Å². The number of alkyl halides is 1. The highest BCUT2D eigenvalue weighted by molar-refractivity contribution is 5.81. The number of halogens is 2. The fourth-order valence-corrected chi connectivity index (χ4v) is 4.87. The lowest BCUT2D eigenvalue weighted by Gasteiger charge is -2.29. The quantitative estimate of drug-likeness (QED) is 0.368. The maximum absolute atomic E-state index is 14.8. The summed E-state index contributed by atoms with van der Waals surface area (Å²) in [7, 11) is 0. The van der Waals surface area contributed by atoms with Crippen LogP contribution >= 0.6 is 0 Å². The Morgan fingerprint density at radius 1 is 0.967 bits per heavy atom. The smallest absolute Gasteiger partial charge is 0.171 e. The highest BCUT2D eigenvalue weighted by Gasteiger charge is 2.23. The molecule has 3 rings (SSSR count). The van der Waals surface area contributed by atoms with E-state index in [1.165, 1.54) is 56.9 Å². The second kappa shape index (κ2) is 11.5. The van der Waals surface area contributed by atoms with Crippen LogP contribution in [0.4, 0.5) is 8.78 Å². The summed E-state index contributed by atoms with van der Waals surface area (Å²) in [6.07, 6.45) is 14.7. The molecule has 0 spiro atoms. The number of hydrogen-bond donors (Lipinski definition) is 0. The molecule has 0 amide bonds. The Morgan fingerprint density at radius 2 is 1.70 bits per heavy atom. The van der Waals surface area contributed by atoms with E-state index in [1.807, 2.05) is 18.2 Å². The van der Waals surface area contributed by atoms with Gasteiger partial charge in [-0.3, -0.25) is 0 Å². The van der Waals surface area contributed by atoms with E-state index >= 15 is 0 Å². The molecule has 0 unspecified atom stereocenters. The maximum Gasteiger partial charge on any atom is 0.171 e. The third kappa shape index (κ3) is 5.62. The van der Waals surface area contributed by atoms with Gasteiger partial charge in [-0.25, -0.2) is 8.78 Å². The van der Waals surface area contributed by atoms with Gasteiger partial charge in [-0.15, -0.1) is 0 Å². The van der Waals surface area contributed by atoms with Crippen LogP contribution in [0, 0.1) is 5.92 Å². The van der Waals surface area contributed by atoms with Crippen LogP contribution in [0.25, 0.3) is 5.57 Å². The Labute approximate surface area is 180 Å². The Bertz CT molecular complexity index is 765. The molecule has 164 valence electrons. The van der Waals surface area contributed by atoms with Crippen molar-refractivity contribution in [2.75, 3.05) is 13.3 Å². The first kappa shape index (κ1) is 22.8. The molecule has 2 aliphatic carbocycles. The van der Waals surface area contributed by atoms with Gasteiger partial charge in [0.05, 0.1) is 6.61 Å². The van der Waals surface area contributed by atoms with E-state index in [1.54, 1.807) is 13.0 Å². The summed E-state index contributed by atoms with van der Waals surface area (Å²) >= 11 is 0. The molecule has 1 fully saturated rings. The summed E-state index contributed by atoms with van der Waals surface area (Å²) in [4.78, 5) is 0. The van der Waals surface area contributed by atoms with Gasteiger partial charge in [0.15, 0.2) is 11.6 Å². The summed E-state index contributed by atoms with van der Waals surface area (Å²) < 4.78 is 33.9. The predicted octanol–water partition coefficient (Wildman–Crippen LogP) is 8.44. The van der Waals surface area contributed by atoms with E-state index in [4.69, 9.17) is 4.74 Å². The van der Waals surface area contributed by atoms with Crippen LogP contribution in [0.15, 0.2) is 53.6 Å². The molecular weight excluding hydrogens is 378 g/mol. The number of allylic oxidation sites excluding steroid dienone is 5. The van der Waals surface area contributed by atoms with Crippen LogP contribution < -0.4 is 0 Å². The molecule has 0 saturated heterocycles. The van der Waals surface area contributed by atoms with Gasteiger partial charge in [-0.2, -0.15) is 0 Å². The highest BCUT2D eigenvalue weighted by atomic mass is 19.1. The van der Waals surface area contributed by atoms with Crippen molar-refractivity contribution >= 4 is 5.57 Å². The third-order valence-electron chi connectivity index (χ3n) is 6.62. The fourth-order valence-electron chi connectivity index (χ4n) is 4.87. The Kier molecular flexibility index (Phi) is 8.72. The molecule has 0 aromatic heterocycles. The average molecular weight is 415 g/mol. The first-order valence-electron chi connectivity index (χ1n) is 11.8. The topological polar surface area (TPSA) is 9.23 Å². The molecule has 0 atom stereocenters. The van der Waals surface area contributed by atoms with E-state index in [2.05, 4.69) is 19.1 Å². The molecule has 0 bridgehead atoms. The third-order valence-corrected chi connectivity index (χ3v) is 6.62. The lowest BCUT2D eigenvalue weighted by molar-refractivity contribution is 0.223. The maximum atomic E-state index is 14.8. The molecule has 1 aromatic rings. The molecule has 0 aliphatic heterocycles. The minimum absolute atomic E-state index is 0.0903. The zero-order chi connectivity index (χ0) is 21.3. The van der Waals surface area contributed by atoms with Gasteiger partial charge in [0.25, 0.3) is 0 Å². The lowest BCUT2D eigenvalue weighted by atomic mass is 9.77. The number of benzene rings is 1. The molecule has 30 heavy (non-hydrogen) atoms. The minimum Gasteiger partial charge on any atom is -0.491 e. The van der Waals surface area contributed by atoms with Crippen LogP contribution in [-0.2, 0) is 4.74 Å². The van der Waals surface area contributed by atoms with E-state index in [0.717, 1.165) is 11.5 Å². The predicted molar refractivity (Wildman–Crippen MR) is 122 cm³/mol. The number of hydrogen-bond acceptors (Lipinski definition) is 1. The first-order chi connectivity index (χ1) is 14.7. The molecule has 0 radical (unpaired) electrons. The van der Waals surface area contributed by atoms with Crippen LogP contribution in [0.3, 0.4) is 0 Å². The molecule has 1 nitrogen and oxygen atoms in total. The lowest BCUT2D eigenvalue weighted by Crippen LogP contribution is -2.13. The van der Waals surface area contributed by atoms with Crippen LogP contribution in [0.5, 0.6) is 0 Å². The highest BCUT2D eigenvalue weighted by Crippen LogP contribution is 2.39. The van der Waals surface area contributed by atoms with Crippen molar-refractivity contribution < 1.29 is 13.5 Å². The number of rotatable bonds is 9. The average Bonchev–Trinajstić information content (AvgIpc) is 2.93. The monoisotopic (exact) mass is 414 g/mol. The van der Waals surface area contributed by atoms with Gasteiger partial charge in [0.2, 0.25) is 0 Å². The van der Waals surface area contributed by atoms with Crippen molar-refractivity contribution in [1.29, 1.82) is 0 Å². The fraction of sp³-hybridized carbons (Fsp3) is 0.556. The Hall–Kier alpha value is -1.90. The van der Waals surface area contributed by atoms with Crippen molar-refractivity contribution in [1.82, 2.24) is 0 Å². The summed E-state index contributed by atoms with van der Waals surface area (Å²) in [5.41, 5.74) is 2.97. The molecule has 0 N–H and O–H groups in total. The van der Waals surface area contributed by atoms with Gasteiger partial charge in [-0.1, -0.05) is 62.9 Å². The first-order valence-corrected chi connectivity index (χ1v) is 11.8. The Balaban J connectivity index is 1.67. The van der Waals surface area contributed by atoms with E-state index in [-0.39, 0.29) is 11.3 Å². The number of unbranched alkanes of at least 4 members (excludes halogenated alkanes) is 2. The largest absolute Gasteiger partial charge is 0.491 e. The van der Waals surface area contributed by atoms with E-state index < -0.39 is 12.5 Å². The van der Waals surface area contributed by atoms with E-state index in [9.17, 15) is 8.78 Å². The van der Waals surface area contributed by atoms with Crippen molar-refractivity contribution in [3.8, 4) is 0 Å². The SMILES string of the molecule is CCCCCC1CCC(c2ccc(C3=CCC=C(OCC)C(F)=C3CF)cc2)CC1. The van der Waals surface area contributed by atoms with Crippen molar-refractivity contribution in [2.45, 2.75) is 77.6 Å². The van der Waals surface area contributed by atoms with E-state index in [0.29, 0.717) is 24.5 Å². The van der Waals surface area contributed by atoms with Gasteiger partial charge >= 0.3 is 0 Å². The molecule has 0 heterocycles. The standard InChI is InChI=1S/C27H36F2O/c1-3-5-6-8-20-11-13-21(14-12-20)22-15-17-23(18-16-22)24-9-7-10-26(30-4-2)27(29)25(24)19-28/h9-10,15-18,20-21H,3-8,11-14,19H2,1-2H3. The summed E-state index contributed by atoms with van der Waals surface area (Å²) in [5, 5.41) is 0. The van der Waals surface area contributed by atoms with Gasteiger partial charge in [0, 0.05) is 5.57 Å². The second-order valence-corrected chi connectivity index (χ2v) is 8.62. The van der Waals surface area contributed by atoms with Gasteiger partial charge in [0.1, 0.15) is 6.67 Å². The zero-order valence-electron chi connectivity index (χ0n) is 18.6. The minimum atomic E-state index is -0.841. The Morgan fingerprint density at radius 3 is 2.33 bits per heavy atom. The van der Waals surface area contributed by atoms with Crippen molar-refractivity contribution in [3.63, 3.8) is 0 Å². The zero-order valence-corrected chi connectivity index (χ0v) is 18.6. The summed E-state index contributed by atoms with van der Waals surface area (Å²) in [6, 6.07) is 8.38. The second-order valence-electron chi connectivity index (χ2n) is 8.62. The van der Waals surface area contributed by atoms with Crippen molar-refractivity contribution in [3.05, 3.63) is 64.7 Å². The molecule has 1 saturated carbocycles. The molecule has 1 aromatic carbocycles. The van der Waals surface area contributed by atoms with Crippen LogP contribution in [-0.4, -0.2) is 13.3 Å². The van der Waals surface area contributed by atoms with Crippen molar-refractivity contribution in [2.24, 2.45) is 5.92 Å². The van der Waals surface area contributed by atoms with Gasteiger partial charge < -0.3 is 4.74 Å². The normalized spacial score (nSPS) is 22.4. The molecule has 3 heteroatoms. The summed E-state index contributed by atoms with van der Waals surface area (Å²) in [5.74, 6) is 1.09. The molecular formula is C27H36F2O.